The summed E-state index contributed by atoms with van der Waals surface area (Å²) in [5.74, 6) is 0. The van der Waals surface area contributed by atoms with E-state index >= 15 is 0 Å². The molecule has 6 N–H and O–H groups in total. The van der Waals surface area contributed by atoms with E-state index in [1.54, 1.807) is 0 Å². The molecule has 0 aromatic heterocycles. The first-order chi connectivity index (χ1) is 1.00. The van der Waals surface area contributed by atoms with Crippen LogP contribution in [0.4, 0.5) is 0 Å². The molecule has 0 saturated heterocycles. The zero-order chi connectivity index (χ0) is 2.00. The topological polar surface area (TPSA) is 94.5 Å². The van der Waals surface area contributed by atoms with E-state index in [-0.39, 0.29) is 40.9 Å². The molecule has 0 heterocycles. The van der Waals surface area contributed by atoms with Gasteiger partial charge < -0.3 is 23.9 Å². The quantitative estimate of drug-likeness (QED) is 0.365. The number of hydrogen-bond acceptors (Lipinski definition) is 0. The van der Waals surface area contributed by atoms with Gasteiger partial charge in [-0.3, -0.25) is 0 Å². The Balaban J connectivity index is -0.000000000500. The maximum Gasteiger partial charge on any atom is 1.00 e. The van der Waals surface area contributed by atoms with Crippen molar-refractivity contribution in [2.75, 3.05) is 0 Å². The first-order valence-electron chi connectivity index (χ1n) is 0.114. The van der Waals surface area contributed by atoms with Crippen molar-refractivity contribution in [2.45, 2.75) is 0 Å². The van der Waals surface area contributed by atoms with Gasteiger partial charge in [-0.1, -0.05) is 0 Å². The Labute approximate surface area is 66.2 Å². The van der Waals surface area contributed by atoms with Crippen molar-refractivity contribution < 1.29 is 48.6 Å². The summed E-state index contributed by atoms with van der Waals surface area (Å²) in [6.45, 7) is 0. The molecule has 0 atom stereocenters. The summed E-state index contributed by atoms with van der Waals surface area (Å²) in [5.41, 5.74) is 0. The summed E-state index contributed by atoms with van der Waals surface area (Å²) >= 11 is 3.66. The van der Waals surface area contributed by atoms with Gasteiger partial charge in [-0.15, -0.1) is 0 Å². The van der Waals surface area contributed by atoms with Crippen LogP contribution in [0.1, 0.15) is 0 Å². The van der Waals surface area contributed by atoms with Crippen molar-refractivity contribution in [3.63, 3.8) is 0 Å². The molecule has 3 nitrogen and oxygen atoms in total. The maximum absolute atomic E-state index is 4.20. The molecule has 0 spiro atoms. The van der Waals surface area contributed by atoms with Crippen molar-refractivity contribution in [3.05, 3.63) is 7.43 Å². The monoisotopic (exact) mass is 230 g/mol. The van der Waals surface area contributed by atoms with Crippen LogP contribution in [0.5, 0.6) is 0 Å². The molecule has 7 heavy (non-hydrogen) atoms. The Kier molecular flexibility index (Phi) is 2370. The normalized spacial score (nSPS) is 1.00. The average molecular weight is 232 g/mol. The minimum absolute atomic E-state index is 0. The van der Waals surface area contributed by atoms with E-state index in [0.29, 0.717) is 0 Å². The van der Waals surface area contributed by atoms with Crippen LogP contribution in [0.2, 0.25) is 0 Å². The molecule has 0 amide bonds. The van der Waals surface area contributed by atoms with Crippen molar-refractivity contribution >= 4 is 10.1 Å². The van der Waals surface area contributed by atoms with Gasteiger partial charge in [0.1, 0.15) is 0 Å². The van der Waals surface area contributed by atoms with Gasteiger partial charge in [0, 0.05) is 0 Å². The molecule has 0 aromatic rings. The third-order valence-electron chi connectivity index (χ3n) is 0. The first-order valence-corrected chi connectivity index (χ1v) is 1.41. The molecule has 0 unspecified atom stereocenters. The third kappa shape index (κ3) is 134. The first kappa shape index (κ1) is 87.4. The van der Waals surface area contributed by atoms with Crippen molar-refractivity contribution in [3.8, 4) is 0 Å². The molecule has 60 valence electrons. The molecule has 6 heteroatoms. The van der Waals surface area contributed by atoms with Crippen LogP contribution in [0.3, 0.4) is 0 Å². The van der Waals surface area contributed by atoms with Crippen LogP contribution in [0.25, 0.3) is 0 Å². The van der Waals surface area contributed by atoms with E-state index in [9.17, 15) is 0 Å². The number of halogens is 1. The molecule has 0 aromatic carbocycles. The molecular weight excluding hydrogens is 223 g/mol. The molecule has 0 bridgehead atoms. The second-order valence-corrected chi connectivity index (χ2v) is 0. The van der Waals surface area contributed by atoms with Crippen LogP contribution in [-0.4, -0.2) is 16.4 Å². The Morgan fingerprint density at radius 1 is 0.857 bits per heavy atom. The molecule has 0 radical (unpaired) electrons. The number of rotatable bonds is 0. The SMILES string of the molecule is O.O.O.[CH3-].[Cl][Cu].[Cu+]. The van der Waals surface area contributed by atoms with Gasteiger partial charge in [-0.25, -0.2) is 0 Å². The zero-order valence-corrected chi connectivity index (χ0v) is 6.12. The van der Waals surface area contributed by atoms with E-state index in [1.165, 1.54) is 0 Å². The minimum Gasteiger partial charge on any atom is 1.00 e. The van der Waals surface area contributed by atoms with Crippen molar-refractivity contribution in [2.24, 2.45) is 0 Å². The molecular formula is CH9ClCu2O3. The largest absolute Gasteiger partial charge is 1.00 e. The second kappa shape index (κ2) is 190. The Hall–Kier alpha value is 1.21. The summed E-state index contributed by atoms with van der Waals surface area (Å²) in [5, 5.41) is 0. The average Bonchev–Trinajstić information content (AvgIpc) is 1.00. The van der Waals surface area contributed by atoms with Crippen molar-refractivity contribution in [1.82, 2.24) is 0 Å². The van der Waals surface area contributed by atoms with Gasteiger partial charge in [0.25, 0.3) is 0 Å². The molecule has 0 saturated carbocycles. The van der Waals surface area contributed by atoms with Crippen LogP contribution >= 0.6 is 10.1 Å². The van der Waals surface area contributed by atoms with Gasteiger partial charge >= 0.3 is 42.3 Å². The fraction of sp³-hybridized carbons (Fsp3) is 0. The Morgan fingerprint density at radius 2 is 0.857 bits per heavy atom. The van der Waals surface area contributed by atoms with Crippen LogP contribution in [0, 0.1) is 7.43 Å². The third-order valence-corrected chi connectivity index (χ3v) is 0. The van der Waals surface area contributed by atoms with Gasteiger partial charge in [0.15, 0.2) is 0 Å². The summed E-state index contributed by atoms with van der Waals surface area (Å²) in [6.07, 6.45) is 0. The Bertz CT molecular complexity index is 12.9. The van der Waals surface area contributed by atoms with E-state index in [2.05, 4.69) is 25.2 Å². The molecule has 0 fully saturated rings. The smallest absolute Gasteiger partial charge is 1.00 e. The molecule has 0 aliphatic rings. The molecule has 0 aliphatic carbocycles. The van der Waals surface area contributed by atoms with E-state index in [0.717, 1.165) is 0 Å². The standard InChI is InChI=1S/CH3.ClH.2Cu.3H2O/h1H3;1H;;;3*1H2/q-1;;2*+1;;;/p-1. The van der Waals surface area contributed by atoms with Gasteiger partial charge in [0.05, 0.1) is 0 Å². The summed E-state index contributed by atoms with van der Waals surface area (Å²) in [6, 6.07) is 0. The summed E-state index contributed by atoms with van der Waals surface area (Å²) in [4.78, 5) is 0. The van der Waals surface area contributed by atoms with Gasteiger partial charge in [0.2, 0.25) is 0 Å². The Morgan fingerprint density at radius 3 is 0.857 bits per heavy atom. The predicted octanol–water partition coefficient (Wildman–Crippen LogP) is -1.34. The van der Waals surface area contributed by atoms with E-state index in [1.807, 2.05) is 0 Å². The van der Waals surface area contributed by atoms with Crippen LogP contribution in [-0.2, 0) is 32.2 Å². The zero-order valence-electron chi connectivity index (χ0n) is 3.48. The summed E-state index contributed by atoms with van der Waals surface area (Å²) < 4.78 is 0. The molecule has 0 rings (SSSR count). The van der Waals surface area contributed by atoms with Crippen LogP contribution in [0.15, 0.2) is 0 Å². The van der Waals surface area contributed by atoms with E-state index in [4.69, 9.17) is 0 Å². The second-order valence-electron chi connectivity index (χ2n) is 0. The molecule has 0 aliphatic heterocycles. The fourth-order valence-corrected chi connectivity index (χ4v) is 0. The predicted molar refractivity (Wildman–Crippen MR) is 23.1 cm³/mol. The van der Waals surface area contributed by atoms with Gasteiger partial charge in [-0.2, -0.15) is 0 Å². The van der Waals surface area contributed by atoms with Crippen molar-refractivity contribution in [1.29, 1.82) is 0 Å². The minimum atomic E-state index is 0. The van der Waals surface area contributed by atoms with Gasteiger partial charge in [-0.05, 0) is 0 Å². The van der Waals surface area contributed by atoms with Crippen LogP contribution < -0.4 is 0 Å². The fourth-order valence-electron chi connectivity index (χ4n) is 0. The van der Waals surface area contributed by atoms with E-state index < -0.39 is 0 Å². The number of hydrogen-bond donors (Lipinski definition) is 0. The summed E-state index contributed by atoms with van der Waals surface area (Å²) in [7, 11) is 4.20. The maximum atomic E-state index is 4.20.